The molecule has 2 aromatic rings. The van der Waals surface area contributed by atoms with Crippen LogP contribution >= 0.6 is 23.4 Å². The highest BCUT2D eigenvalue weighted by atomic mass is 35.5. The van der Waals surface area contributed by atoms with Crippen LogP contribution in [0.1, 0.15) is 0 Å². The Kier molecular flexibility index (Phi) is 3.81. The molecule has 10 heteroatoms. The lowest BCUT2D eigenvalue weighted by molar-refractivity contribution is -0.0327. The number of thioether (sulfide) groups is 1. The highest BCUT2D eigenvalue weighted by Crippen LogP contribution is 2.29. The Morgan fingerprint density at radius 3 is 2.89 bits per heavy atom. The Morgan fingerprint density at radius 1 is 1.39 bits per heavy atom. The third kappa shape index (κ3) is 3.39. The number of aromatic nitrogens is 4. The topological polar surface area (TPSA) is 66.5 Å². The summed E-state index contributed by atoms with van der Waals surface area (Å²) in [6.45, 7) is 0.109. The number of alkyl halides is 3. The summed E-state index contributed by atoms with van der Waals surface area (Å²) in [5.74, 6) is 0.242. The van der Waals surface area contributed by atoms with Gasteiger partial charge in [0.25, 0.3) is 0 Å². The zero-order chi connectivity index (χ0) is 13.2. The minimum atomic E-state index is -4.23. The summed E-state index contributed by atoms with van der Waals surface area (Å²) < 4.78 is 35.8. The number of halogens is 4. The number of H-pyrrole nitrogens is 1. The van der Waals surface area contributed by atoms with Crippen molar-refractivity contribution in [3.63, 3.8) is 0 Å². The summed E-state index contributed by atoms with van der Waals surface area (Å²) in [6, 6.07) is 0. The van der Waals surface area contributed by atoms with Crippen molar-refractivity contribution in [2.24, 2.45) is 0 Å². The van der Waals surface area contributed by atoms with E-state index in [9.17, 15) is 13.2 Å². The van der Waals surface area contributed by atoms with Crippen LogP contribution in [0.5, 0.6) is 0 Å². The Morgan fingerprint density at radius 2 is 2.17 bits per heavy atom. The fourth-order valence-electron chi connectivity index (χ4n) is 1.28. The van der Waals surface area contributed by atoms with Crippen LogP contribution in [0.3, 0.4) is 0 Å². The lowest BCUT2D eigenvalue weighted by Crippen LogP contribution is -2.10. The van der Waals surface area contributed by atoms with Gasteiger partial charge in [-0.1, -0.05) is 0 Å². The van der Waals surface area contributed by atoms with E-state index in [4.69, 9.17) is 11.6 Å². The van der Waals surface area contributed by atoms with Crippen molar-refractivity contribution in [1.29, 1.82) is 0 Å². The molecule has 0 unspecified atom stereocenters. The smallest absolute Gasteiger partial charge is 0.368 e. The molecule has 0 amide bonds. The molecule has 0 fully saturated rings. The van der Waals surface area contributed by atoms with E-state index < -0.39 is 5.51 Å². The van der Waals surface area contributed by atoms with Gasteiger partial charge in [-0.15, -0.1) is 0 Å². The molecule has 98 valence electrons. The zero-order valence-electron chi connectivity index (χ0n) is 8.75. The SMILES string of the molecule is FC(F)(F)SCCNc1nc(Cl)nc2[nH]ncc12. The Labute approximate surface area is 109 Å². The molecule has 0 saturated heterocycles. The molecule has 2 aromatic heterocycles. The fraction of sp³-hybridized carbons (Fsp3) is 0.375. The largest absolute Gasteiger partial charge is 0.441 e. The second-order valence-corrected chi connectivity index (χ2v) is 4.69. The van der Waals surface area contributed by atoms with Crippen LogP contribution < -0.4 is 5.32 Å². The molecule has 0 radical (unpaired) electrons. The summed E-state index contributed by atoms with van der Waals surface area (Å²) in [5, 5.41) is 9.71. The van der Waals surface area contributed by atoms with Crippen LogP contribution in [-0.4, -0.2) is 38.0 Å². The first-order valence-corrected chi connectivity index (χ1v) is 6.13. The number of anilines is 1. The number of hydrogen-bond donors (Lipinski definition) is 2. The van der Waals surface area contributed by atoms with Crippen LogP contribution in [-0.2, 0) is 0 Å². The average molecular weight is 298 g/mol. The predicted octanol–water partition coefficient (Wildman–Crippen LogP) is 2.67. The van der Waals surface area contributed by atoms with Crippen molar-refractivity contribution < 1.29 is 13.2 Å². The summed E-state index contributed by atoms with van der Waals surface area (Å²) in [5.41, 5.74) is -3.79. The molecule has 0 aliphatic carbocycles. The first kappa shape index (κ1) is 13.2. The maximum Gasteiger partial charge on any atom is 0.441 e. The van der Waals surface area contributed by atoms with Crippen LogP contribution in [0.15, 0.2) is 6.20 Å². The van der Waals surface area contributed by atoms with E-state index in [0.29, 0.717) is 16.9 Å². The van der Waals surface area contributed by atoms with Crippen molar-refractivity contribution in [2.45, 2.75) is 5.51 Å². The Balaban J connectivity index is 2.01. The van der Waals surface area contributed by atoms with Crippen molar-refractivity contribution in [3.05, 3.63) is 11.5 Å². The van der Waals surface area contributed by atoms with Crippen molar-refractivity contribution in [1.82, 2.24) is 20.2 Å². The minimum Gasteiger partial charge on any atom is -0.368 e. The summed E-state index contributed by atoms with van der Waals surface area (Å²) in [7, 11) is 0. The highest BCUT2D eigenvalue weighted by molar-refractivity contribution is 8.00. The molecular formula is C8H7ClF3N5S. The summed E-state index contributed by atoms with van der Waals surface area (Å²) in [4.78, 5) is 7.78. The first-order valence-electron chi connectivity index (χ1n) is 4.77. The highest BCUT2D eigenvalue weighted by Gasteiger charge is 2.27. The van der Waals surface area contributed by atoms with Crippen molar-refractivity contribution in [3.8, 4) is 0 Å². The van der Waals surface area contributed by atoms with Gasteiger partial charge in [-0.05, 0) is 23.4 Å². The van der Waals surface area contributed by atoms with E-state index in [0.717, 1.165) is 0 Å². The van der Waals surface area contributed by atoms with Gasteiger partial charge in [0, 0.05) is 12.3 Å². The van der Waals surface area contributed by atoms with Gasteiger partial charge in [-0.2, -0.15) is 28.2 Å². The lowest BCUT2D eigenvalue weighted by Gasteiger charge is -2.08. The van der Waals surface area contributed by atoms with Crippen LogP contribution in [0, 0.1) is 0 Å². The average Bonchev–Trinajstić information content (AvgIpc) is 2.70. The molecular weight excluding hydrogens is 291 g/mol. The lowest BCUT2D eigenvalue weighted by atomic mass is 10.4. The van der Waals surface area contributed by atoms with Crippen molar-refractivity contribution in [2.75, 3.05) is 17.6 Å². The molecule has 0 bridgehead atoms. The number of hydrogen-bond acceptors (Lipinski definition) is 5. The molecule has 0 aliphatic rings. The number of nitrogens with one attached hydrogen (secondary N) is 2. The monoisotopic (exact) mass is 297 g/mol. The van der Waals surface area contributed by atoms with Crippen molar-refractivity contribution >= 4 is 40.2 Å². The van der Waals surface area contributed by atoms with Gasteiger partial charge in [-0.3, -0.25) is 5.10 Å². The molecule has 2 heterocycles. The standard InChI is InChI=1S/C8H7ClF3N5S/c9-7-15-5(4-3-14-17-6(4)16-7)13-1-2-18-8(10,11)12/h3H,1-2H2,(H2,13,14,15,16,17). The van der Waals surface area contributed by atoms with Gasteiger partial charge in [0.1, 0.15) is 5.82 Å². The van der Waals surface area contributed by atoms with Gasteiger partial charge >= 0.3 is 5.51 Å². The van der Waals surface area contributed by atoms with E-state index in [1.54, 1.807) is 0 Å². The quantitative estimate of drug-likeness (QED) is 0.671. The maximum atomic E-state index is 11.9. The maximum absolute atomic E-state index is 11.9. The van der Waals surface area contributed by atoms with Gasteiger partial charge in [-0.25, -0.2) is 0 Å². The van der Waals surface area contributed by atoms with Gasteiger partial charge in [0.05, 0.1) is 11.6 Å². The Hall–Kier alpha value is -1.22. The molecule has 0 atom stereocenters. The molecule has 5 nitrogen and oxygen atoms in total. The third-order valence-corrected chi connectivity index (χ3v) is 2.85. The Bertz CT molecular complexity index is 543. The molecule has 18 heavy (non-hydrogen) atoms. The summed E-state index contributed by atoms with van der Waals surface area (Å²) >= 11 is 5.57. The molecule has 0 spiro atoms. The number of rotatable bonds is 4. The fourth-order valence-corrected chi connectivity index (χ4v) is 1.88. The number of aromatic amines is 1. The predicted molar refractivity (Wildman–Crippen MR) is 63.7 cm³/mol. The van der Waals surface area contributed by atoms with Gasteiger partial charge < -0.3 is 5.32 Å². The second-order valence-electron chi connectivity index (χ2n) is 3.19. The van der Waals surface area contributed by atoms with E-state index in [-0.39, 0.29) is 29.3 Å². The van der Waals surface area contributed by atoms with E-state index in [2.05, 4.69) is 25.5 Å². The molecule has 2 rings (SSSR count). The number of fused-ring (bicyclic) bond motifs is 1. The first-order chi connectivity index (χ1) is 8.46. The van der Waals surface area contributed by atoms with Crippen LogP contribution in [0.25, 0.3) is 11.0 Å². The summed E-state index contributed by atoms with van der Waals surface area (Å²) in [6.07, 6.45) is 1.48. The van der Waals surface area contributed by atoms with E-state index in [1.165, 1.54) is 6.20 Å². The second kappa shape index (κ2) is 5.19. The van der Waals surface area contributed by atoms with Crippen LogP contribution in [0.2, 0.25) is 5.28 Å². The molecule has 0 saturated carbocycles. The molecule has 0 aliphatic heterocycles. The third-order valence-electron chi connectivity index (χ3n) is 1.94. The number of nitrogens with zero attached hydrogens (tertiary/aromatic N) is 3. The van der Waals surface area contributed by atoms with E-state index in [1.807, 2.05) is 0 Å². The molecule has 0 aromatic carbocycles. The van der Waals surface area contributed by atoms with E-state index >= 15 is 0 Å². The molecule has 2 N–H and O–H groups in total. The van der Waals surface area contributed by atoms with Crippen LogP contribution in [0.4, 0.5) is 19.0 Å². The van der Waals surface area contributed by atoms with Gasteiger partial charge in [0.2, 0.25) is 5.28 Å². The minimum absolute atomic E-state index is 0.00211. The zero-order valence-corrected chi connectivity index (χ0v) is 10.3. The normalized spacial score (nSPS) is 12.0. The van der Waals surface area contributed by atoms with Gasteiger partial charge in [0.15, 0.2) is 5.65 Å².